The Labute approximate surface area is 163 Å². The van der Waals surface area contributed by atoms with Crippen LogP contribution in [0.4, 0.5) is 0 Å². The van der Waals surface area contributed by atoms with Gasteiger partial charge in [0.05, 0.1) is 4.90 Å². The Bertz CT molecular complexity index is 883. The molecule has 146 valence electrons. The van der Waals surface area contributed by atoms with Crippen LogP contribution >= 0.6 is 0 Å². The van der Waals surface area contributed by atoms with Crippen LogP contribution in [0.15, 0.2) is 41.3 Å². The van der Waals surface area contributed by atoms with Gasteiger partial charge in [0, 0.05) is 19.6 Å². The molecule has 0 aliphatic carbocycles. The largest absolute Gasteiger partial charge is 0.299 e. The van der Waals surface area contributed by atoms with Gasteiger partial charge in [0.1, 0.15) is 0 Å². The summed E-state index contributed by atoms with van der Waals surface area (Å²) in [5, 5.41) is 0. The van der Waals surface area contributed by atoms with Gasteiger partial charge >= 0.3 is 0 Å². The second kappa shape index (κ2) is 8.55. The van der Waals surface area contributed by atoms with E-state index < -0.39 is 10.0 Å². The fraction of sp³-hybridized carbons (Fsp3) is 0.455. The minimum Gasteiger partial charge on any atom is -0.299 e. The maximum absolute atomic E-state index is 12.7. The summed E-state index contributed by atoms with van der Waals surface area (Å²) < 4.78 is 28.1. The number of fused-ring (bicyclic) bond motifs is 1. The lowest BCUT2D eigenvalue weighted by Crippen LogP contribution is -2.32. The molecule has 4 nitrogen and oxygen atoms in total. The Morgan fingerprint density at radius 3 is 2.37 bits per heavy atom. The van der Waals surface area contributed by atoms with Crippen molar-refractivity contribution >= 4 is 10.0 Å². The van der Waals surface area contributed by atoms with Gasteiger partial charge in [-0.05, 0) is 68.8 Å². The molecule has 5 heteroatoms. The highest BCUT2D eigenvalue weighted by molar-refractivity contribution is 7.89. The predicted octanol–water partition coefficient (Wildman–Crippen LogP) is 3.73. The third kappa shape index (κ3) is 4.98. The van der Waals surface area contributed by atoms with Crippen LogP contribution in [0.3, 0.4) is 0 Å². The van der Waals surface area contributed by atoms with Gasteiger partial charge in [-0.15, -0.1) is 0 Å². The molecule has 0 atom stereocenters. The number of hydrogen-bond acceptors (Lipinski definition) is 3. The van der Waals surface area contributed by atoms with Gasteiger partial charge in [-0.3, -0.25) is 4.90 Å². The second-order valence-corrected chi connectivity index (χ2v) is 9.33. The van der Waals surface area contributed by atoms with Crippen molar-refractivity contribution < 1.29 is 8.42 Å². The summed E-state index contributed by atoms with van der Waals surface area (Å²) in [6.07, 6.45) is 2.95. The van der Waals surface area contributed by atoms with Crippen LogP contribution in [0.5, 0.6) is 0 Å². The molecule has 0 spiro atoms. The third-order valence-electron chi connectivity index (χ3n) is 5.28. The Morgan fingerprint density at radius 2 is 1.67 bits per heavy atom. The average Bonchev–Trinajstić information content (AvgIpc) is 2.60. The molecule has 0 bridgehead atoms. The van der Waals surface area contributed by atoms with Gasteiger partial charge in [0.2, 0.25) is 10.0 Å². The third-order valence-corrected chi connectivity index (χ3v) is 7.04. The van der Waals surface area contributed by atoms with Crippen LogP contribution < -0.4 is 4.72 Å². The number of aryl methyl sites for hydroxylation is 3. The molecule has 1 heterocycles. The van der Waals surface area contributed by atoms with E-state index in [1.807, 2.05) is 32.9 Å². The number of sulfonamides is 1. The monoisotopic (exact) mass is 386 g/mol. The van der Waals surface area contributed by atoms with Crippen molar-refractivity contribution in [2.45, 2.75) is 51.5 Å². The molecule has 2 aromatic carbocycles. The highest BCUT2D eigenvalue weighted by Crippen LogP contribution is 2.22. The van der Waals surface area contributed by atoms with Crippen LogP contribution in [0, 0.1) is 20.8 Å². The molecule has 0 aromatic heterocycles. The van der Waals surface area contributed by atoms with E-state index in [0.29, 0.717) is 11.4 Å². The maximum atomic E-state index is 12.7. The normalized spacial score (nSPS) is 14.9. The van der Waals surface area contributed by atoms with Crippen LogP contribution in [-0.2, 0) is 23.0 Å². The molecule has 0 saturated heterocycles. The molecule has 0 saturated carbocycles. The van der Waals surface area contributed by atoms with Crippen LogP contribution in [0.2, 0.25) is 0 Å². The first-order valence-corrected chi connectivity index (χ1v) is 11.2. The summed E-state index contributed by atoms with van der Waals surface area (Å²) in [4.78, 5) is 2.89. The number of hydrogen-bond donors (Lipinski definition) is 1. The van der Waals surface area contributed by atoms with Gasteiger partial charge in [0.25, 0.3) is 0 Å². The zero-order chi connectivity index (χ0) is 19.4. The lowest BCUT2D eigenvalue weighted by Gasteiger charge is -2.28. The molecule has 3 rings (SSSR count). The summed E-state index contributed by atoms with van der Waals surface area (Å²) in [5.41, 5.74) is 5.60. The smallest absolute Gasteiger partial charge is 0.241 e. The molecule has 1 aliphatic heterocycles. The first-order valence-electron chi connectivity index (χ1n) is 9.73. The SMILES string of the molecule is Cc1cc(C)c(S(=O)(=O)NCCCCN2CCc3ccccc3C2)c(C)c1. The summed E-state index contributed by atoms with van der Waals surface area (Å²) in [7, 11) is -3.45. The van der Waals surface area contributed by atoms with Gasteiger partial charge < -0.3 is 0 Å². The van der Waals surface area contributed by atoms with E-state index in [4.69, 9.17) is 0 Å². The highest BCUT2D eigenvalue weighted by Gasteiger charge is 2.19. The molecule has 1 N–H and O–H groups in total. The maximum Gasteiger partial charge on any atom is 0.241 e. The quantitative estimate of drug-likeness (QED) is 0.738. The molecular formula is C22H30N2O2S. The van der Waals surface area contributed by atoms with Gasteiger partial charge in [-0.1, -0.05) is 42.0 Å². The topological polar surface area (TPSA) is 49.4 Å². The lowest BCUT2D eigenvalue weighted by atomic mass is 10.00. The fourth-order valence-electron chi connectivity index (χ4n) is 4.07. The standard InChI is InChI=1S/C22H30N2O2S/c1-17-14-18(2)22(19(3)15-17)27(25,26)23-11-6-7-12-24-13-10-20-8-4-5-9-21(20)16-24/h4-5,8-9,14-15,23H,6-7,10-13,16H2,1-3H3. The van der Waals surface area contributed by atoms with Crippen LogP contribution in [-0.4, -0.2) is 33.0 Å². The fourth-order valence-corrected chi connectivity index (χ4v) is 5.60. The number of nitrogens with zero attached hydrogens (tertiary/aromatic N) is 1. The highest BCUT2D eigenvalue weighted by atomic mass is 32.2. The minimum atomic E-state index is -3.45. The molecule has 0 fully saturated rings. The molecular weight excluding hydrogens is 356 g/mol. The van der Waals surface area contributed by atoms with E-state index in [2.05, 4.69) is 33.9 Å². The minimum absolute atomic E-state index is 0.431. The molecule has 0 amide bonds. The summed E-state index contributed by atoms with van der Waals surface area (Å²) in [5.74, 6) is 0. The number of benzene rings is 2. The number of unbranched alkanes of at least 4 members (excludes halogenated alkanes) is 1. The molecule has 1 aliphatic rings. The summed E-state index contributed by atoms with van der Waals surface area (Å²) in [6.45, 7) is 9.31. The Kier molecular flexibility index (Phi) is 6.35. The summed E-state index contributed by atoms with van der Waals surface area (Å²) in [6, 6.07) is 12.5. The van der Waals surface area contributed by atoms with Crippen LogP contribution in [0.1, 0.15) is 40.7 Å². The van der Waals surface area contributed by atoms with Crippen molar-refractivity contribution in [2.75, 3.05) is 19.6 Å². The Balaban J connectivity index is 1.47. The van der Waals surface area contributed by atoms with Crippen molar-refractivity contribution in [1.82, 2.24) is 9.62 Å². The van der Waals surface area contributed by atoms with Gasteiger partial charge in [-0.25, -0.2) is 13.1 Å². The molecule has 2 aromatic rings. The zero-order valence-corrected chi connectivity index (χ0v) is 17.4. The first-order chi connectivity index (χ1) is 12.9. The Morgan fingerprint density at radius 1 is 1.00 bits per heavy atom. The van der Waals surface area contributed by atoms with E-state index in [1.54, 1.807) is 0 Å². The van der Waals surface area contributed by atoms with Crippen molar-refractivity contribution in [3.63, 3.8) is 0 Å². The van der Waals surface area contributed by atoms with E-state index in [1.165, 1.54) is 11.1 Å². The first kappa shape index (κ1) is 20.1. The van der Waals surface area contributed by atoms with E-state index in [9.17, 15) is 8.42 Å². The van der Waals surface area contributed by atoms with Gasteiger partial charge in [0.15, 0.2) is 0 Å². The van der Waals surface area contributed by atoms with Crippen molar-refractivity contribution in [3.05, 3.63) is 64.2 Å². The zero-order valence-electron chi connectivity index (χ0n) is 16.6. The number of rotatable bonds is 7. The van der Waals surface area contributed by atoms with E-state index in [0.717, 1.165) is 55.6 Å². The summed E-state index contributed by atoms with van der Waals surface area (Å²) >= 11 is 0. The lowest BCUT2D eigenvalue weighted by molar-refractivity contribution is 0.249. The molecule has 0 unspecified atom stereocenters. The van der Waals surface area contributed by atoms with Crippen molar-refractivity contribution in [3.8, 4) is 0 Å². The predicted molar refractivity (Wildman–Crippen MR) is 110 cm³/mol. The second-order valence-electron chi connectivity index (χ2n) is 7.63. The van der Waals surface area contributed by atoms with Crippen molar-refractivity contribution in [2.24, 2.45) is 0 Å². The van der Waals surface area contributed by atoms with Gasteiger partial charge in [-0.2, -0.15) is 0 Å². The van der Waals surface area contributed by atoms with E-state index >= 15 is 0 Å². The van der Waals surface area contributed by atoms with Crippen molar-refractivity contribution in [1.29, 1.82) is 0 Å². The number of nitrogens with one attached hydrogen (secondary N) is 1. The van der Waals surface area contributed by atoms with E-state index in [-0.39, 0.29) is 0 Å². The molecule has 27 heavy (non-hydrogen) atoms. The van der Waals surface area contributed by atoms with Crippen LogP contribution in [0.25, 0.3) is 0 Å². The average molecular weight is 387 g/mol. The Hall–Kier alpha value is -1.69. The molecule has 0 radical (unpaired) electrons.